The zero-order valence-electron chi connectivity index (χ0n) is 17.3. The van der Waals surface area contributed by atoms with Crippen LogP contribution in [0.1, 0.15) is 26.7 Å². The molecule has 2 rings (SSSR count). The summed E-state index contributed by atoms with van der Waals surface area (Å²) >= 11 is 0. The maximum absolute atomic E-state index is 11.9. The molecule has 0 aromatic rings. The van der Waals surface area contributed by atoms with E-state index in [0.29, 0.717) is 0 Å². The van der Waals surface area contributed by atoms with Crippen LogP contribution in [0.5, 0.6) is 0 Å². The lowest BCUT2D eigenvalue weighted by molar-refractivity contribution is -0.168. The normalized spacial score (nSPS) is 25.5. The zero-order valence-corrected chi connectivity index (χ0v) is 17.3. The van der Waals surface area contributed by atoms with Gasteiger partial charge < -0.3 is 39.8 Å². The molecule has 0 radical (unpaired) electrons. The lowest BCUT2D eigenvalue weighted by Gasteiger charge is -2.30. The molecule has 0 bridgehead atoms. The first-order chi connectivity index (χ1) is 15.0. The summed E-state index contributed by atoms with van der Waals surface area (Å²) in [5.41, 5.74) is 5.57. The third kappa shape index (κ3) is 6.52. The van der Waals surface area contributed by atoms with Gasteiger partial charge in [-0.1, -0.05) is 6.08 Å². The average molecular weight is 456 g/mol. The molecular formula is C19H24N2O11. The van der Waals surface area contributed by atoms with Crippen LogP contribution in [-0.4, -0.2) is 82.1 Å². The van der Waals surface area contributed by atoms with Crippen molar-refractivity contribution in [3.8, 4) is 0 Å². The van der Waals surface area contributed by atoms with Gasteiger partial charge in [-0.3, -0.25) is 19.2 Å². The fourth-order valence-corrected chi connectivity index (χ4v) is 3.14. The second kappa shape index (κ2) is 10.7. The van der Waals surface area contributed by atoms with E-state index < -0.39 is 73.5 Å². The van der Waals surface area contributed by atoms with E-state index in [1.807, 2.05) is 0 Å². The van der Waals surface area contributed by atoms with Crippen LogP contribution in [0.3, 0.4) is 0 Å². The average Bonchev–Trinajstić information content (AvgIpc) is 3.01. The highest BCUT2D eigenvalue weighted by Gasteiger charge is 2.51. The zero-order chi connectivity index (χ0) is 24.0. The van der Waals surface area contributed by atoms with E-state index in [2.05, 4.69) is 0 Å². The van der Waals surface area contributed by atoms with Crippen LogP contribution >= 0.6 is 0 Å². The molecule has 2 aliphatic heterocycles. The number of carboxylic acid groups (broad SMARTS) is 1. The highest BCUT2D eigenvalue weighted by atomic mass is 16.7. The monoisotopic (exact) mass is 456 g/mol. The summed E-state index contributed by atoms with van der Waals surface area (Å²) in [6.45, 7) is 1.70. The first-order valence-corrected chi connectivity index (χ1v) is 9.50. The van der Waals surface area contributed by atoms with E-state index in [1.54, 1.807) is 12.3 Å². The summed E-state index contributed by atoms with van der Waals surface area (Å²) in [6.07, 6.45) is -2.58. The van der Waals surface area contributed by atoms with Gasteiger partial charge in [0.05, 0.1) is 6.42 Å². The Morgan fingerprint density at radius 1 is 1.19 bits per heavy atom. The number of allylic oxidation sites excluding steroid dienone is 1. The van der Waals surface area contributed by atoms with Crippen molar-refractivity contribution in [3.05, 3.63) is 24.0 Å². The number of nitrogens with two attached hydrogens (primary N) is 1. The molecule has 13 nitrogen and oxygen atoms in total. The number of primary amides is 1. The van der Waals surface area contributed by atoms with Crippen LogP contribution < -0.4 is 5.73 Å². The Morgan fingerprint density at radius 3 is 2.38 bits per heavy atom. The Balaban J connectivity index is 2.25. The number of hydrogen-bond acceptors (Lipinski definition) is 11. The smallest absolute Gasteiger partial charge is 0.335 e. The molecule has 5 atom stereocenters. The third-order valence-electron chi connectivity index (χ3n) is 4.45. The highest BCUT2D eigenvalue weighted by Crippen LogP contribution is 2.32. The van der Waals surface area contributed by atoms with Crippen LogP contribution in [0.25, 0.3) is 0 Å². The number of carbonyl (C=O) groups is 5. The predicted molar refractivity (Wildman–Crippen MR) is 102 cm³/mol. The van der Waals surface area contributed by atoms with Gasteiger partial charge in [0.25, 0.3) is 0 Å². The van der Waals surface area contributed by atoms with E-state index in [1.165, 1.54) is 11.1 Å². The number of aliphatic hydroxyl groups excluding tert-OH is 1. The fraction of sp³-hybridized carbons (Fsp3) is 0.526. The van der Waals surface area contributed by atoms with Crippen molar-refractivity contribution >= 4 is 29.8 Å². The Kier molecular flexibility index (Phi) is 8.32. The number of aliphatic hydroxyl groups is 1. The van der Waals surface area contributed by atoms with E-state index in [9.17, 15) is 29.1 Å². The van der Waals surface area contributed by atoms with E-state index >= 15 is 0 Å². The molecule has 0 aliphatic carbocycles. The van der Waals surface area contributed by atoms with Crippen molar-refractivity contribution in [1.82, 2.24) is 4.90 Å². The van der Waals surface area contributed by atoms with Gasteiger partial charge in [-0.2, -0.15) is 0 Å². The van der Waals surface area contributed by atoms with Crippen LogP contribution in [0.4, 0.5) is 0 Å². The summed E-state index contributed by atoms with van der Waals surface area (Å²) in [4.78, 5) is 58.7. The van der Waals surface area contributed by atoms with Crippen molar-refractivity contribution < 1.29 is 53.1 Å². The molecule has 0 unspecified atom stereocenters. The molecule has 0 spiro atoms. The number of nitrogens with zero attached hydrogens (tertiary/aromatic N) is 1. The van der Waals surface area contributed by atoms with Gasteiger partial charge in [0.2, 0.25) is 5.91 Å². The van der Waals surface area contributed by atoms with Crippen molar-refractivity contribution in [2.75, 3.05) is 6.61 Å². The molecule has 1 fully saturated rings. The number of hydrogen-bond donors (Lipinski definition) is 3. The SMILES string of the molecule is CC(=O)O[C@@H]1[C@H](OC(C)=O)[C@@H](COC(=O)[C@@H](O)CC(=O)O)O[C@H]1N1C=CCC(C(N)=O)=C1. The Labute approximate surface area is 182 Å². The van der Waals surface area contributed by atoms with Gasteiger partial charge >= 0.3 is 23.9 Å². The second-order valence-electron chi connectivity index (χ2n) is 7.01. The van der Waals surface area contributed by atoms with Crippen molar-refractivity contribution in [3.63, 3.8) is 0 Å². The molecule has 0 saturated carbocycles. The van der Waals surface area contributed by atoms with Crippen LogP contribution in [0, 0.1) is 0 Å². The lowest BCUT2D eigenvalue weighted by atomic mass is 10.1. The number of esters is 3. The molecule has 4 N–H and O–H groups in total. The minimum atomic E-state index is -1.91. The molecule has 1 saturated heterocycles. The molecule has 2 heterocycles. The van der Waals surface area contributed by atoms with E-state index in [4.69, 9.17) is 29.8 Å². The van der Waals surface area contributed by atoms with Crippen molar-refractivity contribution in [2.24, 2.45) is 5.73 Å². The van der Waals surface area contributed by atoms with Gasteiger partial charge in [0, 0.05) is 31.8 Å². The predicted octanol–water partition coefficient (Wildman–Crippen LogP) is -1.46. The maximum atomic E-state index is 11.9. The molecular weight excluding hydrogens is 432 g/mol. The van der Waals surface area contributed by atoms with Crippen LogP contribution in [0.15, 0.2) is 24.0 Å². The van der Waals surface area contributed by atoms with Gasteiger partial charge in [-0.25, -0.2) is 4.79 Å². The largest absolute Gasteiger partial charge is 0.481 e. The first kappa shape index (κ1) is 24.8. The van der Waals surface area contributed by atoms with Gasteiger partial charge in [0.1, 0.15) is 12.7 Å². The molecule has 13 heteroatoms. The summed E-state index contributed by atoms with van der Waals surface area (Å²) in [5, 5.41) is 18.2. The number of aliphatic carboxylic acids is 1. The van der Waals surface area contributed by atoms with Crippen molar-refractivity contribution in [1.29, 1.82) is 0 Å². The van der Waals surface area contributed by atoms with E-state index in [0.717, 1.165) is 13.8 Å². The van der Waals surface area contributed by atoms with Crippen LogP contribution in [-0.2, 0) is 42.9 Å². The first-order valence-electron chi connectivity index (χ1n) is 9.50. The third-order valence-corrected chi connectivity index (χ3v) is 4.45. The molecule has 0 aromatic heterocycles. The van der Waals surface area contributed by atoms with Gasteiger partial charge in [-0.15, -0.1) is 0 Å². The molecule has 1 amide bonds. The molecule has 2 aliphatic rings. The fourth-order valence-electron chi connectivity index (χ4n) is 3.14. The number of carbonyl (C=O) groups excluding carboxylic acids is 4. The van der Waals surface area contributed by atoms with Crippen molar-refractivity contribution in [2.45, 2.75) is 57.3 Å². The minimum Gasteiger partial charge on any atom is -0.481 e. The Morgan fingerprint density at radius 2 is 1.81 bits per heavy atom. The maximum Gasteiger partial charge on any atom is 0.335 e. The number of carboxylic acids is 1. The minimum absolute atomic E-state index is 0.244. The van der Waals surface area contributed by atoms with Gasteiger partial charge in [-0.05, 0) is 6.42 Å². The highest BCUT2D eigenvalue weighted by molar-refractivity contribution is 5.92. The van der Waals surface area contributed by atoms with E-state index in [-0.39, 0.29) is 12.0 Å². The topological polar surface area (TPSA) is 192 Å². The Hall–Kier alpha value is -3.45. The summed E-state index contributed by atoms with van der Waals surface area (Å²) in [5.74, 6) is -4.75. The number of rotatable bonds is 9. The summed E-state index contributed by atoms with van der Waals surface area (Å²) in [7, 11) is 0. The van der Waals surface area contributed by atoms with Gasteiger partial charge in [0.15, 0.2) is 24.5 Å². The number of amides is 1. The standard InChI is InChI=1S/C19H24N2O11/c1-9(22)30-15-13(8-29-19(28)12(24)6-14(25)26)32-18(16(15)31-10(2)23)21-5-3-4-11(7-21)17(20)27/h3,5,7,12-13,15-16,18,24H,4,6,8H2,1-2H3,(H2,20,27)(H,25,26)/t12-,13+,15+,16+,18+/m0/s1. The van der Waals surface area contributed by atoms with Crippen LogP contribution in [0.2, 0.25) is 0 Å². The quantitative estimate of drug-likeness (QED) is 0.270. The molecule has 0 aromatic carbocycles. The second-order valence-corrected chi connectivity index (χ2v) is 7.01. The lowest BCUT2D eigenvalue weighted by Crippen LogP contribution is -2.45. The summed E-state index contributed by atoms with van der Waals surface area (Å²) < 4.78 is 21.3. The Bertz CT molecular complexity index is 837. The molecule has 176 valence electrons. The summed E-state index contributed by atoms with van der Waals surface area (Å²) in [6, 6.07) is 0. The molecule has 32 heavy (non-hydrogen) atoms. The number of ether oxygens (including phenoxy) is 4.